The molecule has 1 atom stereocenters. The van der Waals surface area contributed by atoms with Crippen molar-refractivity contribution in [3.05, 3.63) is 22.2 Å². The topological polar surface area (TPSA) is 25.8 Å². The Morgan fingerprint density at radius 3 is 3.00 bits per heavy atom. The minimum absolute atomic E-state index is 0.657. The molecule has 1 aliphatic heterocycles. The molecule has 0 fully saturated rings. The Labute approximate surface area is 110 Å². The summed E-state index contributed by atoms with van der Waals surface area (Å²) < 4.78 is 0. The molecule has 0 aliphatic carbocycles. The number of thioether (sulfide) groups is 2. The van der Waals surface area contributed by atoms with Crippen molar-refractivity contribution in [2.75, 3.05) is 0 Å². The minimum atomic E-state index is 0.657. The Balaban J connectivity index is 2.08. The summed E-state index contributed by atoms with van der Waals surface area (Å²) in [6, 6.07) is 0. The van der Waals surface area contributed by atoms with Gasteiger partial charge in [0.25, 0.3) is 0 Å². The van der Waals surface area contributed by atoms with Crippen LogP contribution in [0.15, 0.2) is 0 Å². The van der Waals surface area contributed by atoms with Crippen LogP contribution in [0.1, 0.15) is 37.4 Å². The molecular formula is C11H15ClN2S2. The van der Waals surface area contributed by atoms with Crippen molar-refractivity contribution in [1.29, 1.82) is 0 Å². The van der Waals surface area contributed by atoms with Gasteiger partial charge in [-0.25, -0.2) is 9.97 Å². The van der Waals surface area contributed by atoms with E-state index in [1.54, 1.807) is 0 Å². The second-order valence-corrected chi connectivity index (χ2v) is 6.65. The van der Waals surface area contributed by atoms with Gasteiger partial charge >= 0.3 is 0 Å². The Kier molecular flexibility index (Phi) is 4.39. The molecule has 0 aromatic carbocycles. The molecule has 0 N–H and O–H groups in total. The molecule has 1 unspecified atom stereocenters. The van der Waals surface area contributed by atoms with Crippen molar-refractivity contribution < 1.29 is 0 Å². The normalized spacial score (nSPS) is 16.2. The van der Waals surface area contributed by atoms with Crippen molar-refractivity contribution in [1.82, 2.24) is 9.97 Å². The number of nitrogens with zero attached hydrogens (tertiary/aromatic N) is 2. The van der Waals surface area contributed by atoms with E-state index in [1.807, 2.05) is 23.5 Å². The molecule has 0 spiro atoms. The smallest absolute Gasteiger partial charge is 0.140 e. The third-order valence-corrected chi connectivity index (χ3v) is 5.26. The van der Waals surface area contributed by atoms with Gasteiger partial charge in [0, 0.05) is 22.3 Å². The molecular weight excluding hydrogens is 260 g/mol. The predicted octanol–water partition coefficient (Wildman–Crippen LogP) is 3.91. The molecule has 88 valence electrons. The second-order valence-electron chi connectivity index (χ2n) is 3.88. The maximum absolute atomic E-state index is 6.15. The molecule has 0 radical (unpaired) electrons. The van der Waals surface area contributed by atoms with Crippen LogP contribution in [0.25, 0.3) is 0 Å². The number of aromatic nitrogens is 2. The van der Waals surface area contributed by atoms with Gasteiger partial charge < -0.3 is 0 Å². The molecule has 2 rings (SSSR count). The maximum atomic E-state index is 6.15. The van der Waals surface area contributed by atoms with Crippen molar-refractivity contribution in [3.63, 3.8) is 0 Å². The van der Waals surface area contributed by atoms with E-state index in [2.05, 4.69) is 23.8 Å². The van der Waals surface area contributed by atoms with Crippen LogP contribution in [0, 0.1) is 0 Å². The summed E-state index contributed by atoms with van der Waals surface area (Å²) in [6.07, 6.45) is 1.18. The first-order chi connectivity index (χ1) is 7.70. The van der Waals surface area contributed by atoms with E-state index in [9.17, 15) is 0 Å². The van der Waals surface area contributed by atoms with E-state index in [4.69, 9.17) is 11.6 Å². The first kappa shape index (κ1) is 12.5. The van der Waals surface area contributed by atoms with Gasteiger partial charge in [-0.05, 0) is 6.42 Å². The standard InChI is InChI=1S/C11H15ClN2S2/c1-3-7(2)16-6-10-13-9-5-15-4-8(9)11(12)14-10/h7H,3-6H2,1-2H3. The highest BCUT2D eigenvalue weighted by Crippen LogP contribution is 2.33. The van der Waals surface area contributed by atoms with Gasteiger partial charge in [-0.2, -0.15) is 23.5 Å². The average Bonchev–Trinajstić information content (AvgIpc) is 2.74. The summed E-state index contributed by atoms with van der Waals surface area (Å²) >= 11 is 9.90. The SMILES string of the molecule is CCC(C)SCc1nc(Cl)c2c(n1)CSC2. The van der Waals surface area contributed by atoms with E-state index in [0.29, 0.717) is 10.4 Å². The summed E-state index contributed by atoms with van der Waals surface area (Å²) in [6.45, 7) is 4.43. The Morgan fingerprint density at radius 2 is 2.25 bits per heavy atom. The lowest BCUT2D eigenvalue weighted by molar-refractivity contribution is 0.898. The van der Waals surface area contributed by atoms with Gasteiger partial charge in [0.05, 0.1) is 11.4 Å². The van der Waals surface area contributed by atoms with Crippen LogP contribution in [-0.2, 0) is 17.3 Å². The molecule has 0 bridgehead atoms. The lowest BCUT2D eigenvalue weighted by Gasteiger charge is -2.08. The monoisotopic (exact) mass is 274 g/mol. The van der Waals surface area contributed by atoms with Crippen molar-refractivity contribution in [2.24, 2.45) is 0 Å². The van der Waals surface area contributed by atoms with Crippen LogP contribution in [0.4, 0.5) is 0 Å². The fraction of sp³-hybridized carbons (Fsp3) is 0.636. The van der Waals surface area contributed by atoms with Crippen LogP contribution in [0.5, 0.6) is 0 Å². The number of hydrogen-bond donors (Lipinski definition) is 0. The van der Waals surface area contributed by atoms with Gasteiger partial charge in [0.2, 0.25) is 0 Å². The molecule has 1 aromatic rings. The largest absolute Gasteiger partial charge is 0.236 e. The van der Waals surface area contributed by atoms with Gasteiger partial charge in [-0.3, -0.25) is 0 Å². The van der Waals surface area contributed by atoms with Crippen molar-refractivity contribution in [3.8, 4) is 0 Å². The van der Waals surface area contributed by atoms with E-state index in [-0.39, 0.29) is 0 Å². The number of fused-ring (bicyclic) bond motifs is 1. The molecule has 0 saturated carbocycles. The number of rotatable bonds is 4. The molecule has 0 saturated heterocycles. The summed E-state index contributed by atoms with van der Waals surface area (Å²) in [5, 5.41) is 1.32. The highest BCUT2D eigenvalue weighted by molar-refractivity contribution is 7.99. The third kappa shape index (κ3) is 2.84. The van der Waals surface area contributed by atoms with Crippen LogP contribution >= 0.6 is 35.1 Å². The van der Waals surface area contributed by atoms with Gasteiger partial charge in [-0.1, -0.05) is 25.4 Å². The van der Waals surface area contributed by atoms with E-state index in [1.165, 1.54) is 6.42 Å². The zero-order chi connectivity index (χ0) is 11.5. The lowest BCUT2D eigenvalue weighted by atomic mass is 10.3. The molecule has 1 aromatic heterocycles. The van der Waals surface area contributed by atoms with Crippen LogP contribution in [0.3, 0.4) is 0 Å². The quantitative estimate of drug-likeness (QED) is 0.778. The molecule has 16 heavy (non-hydrogen) atoms. The van der Waals surface area contributed by atoms with Gasteiger partial charge in [0.1, 0.15) is 11.0 Å². The molecule has 5 heteroatoms. The number of halogens is 1. The summed E-state index contributed by atoms with van der Waals surface area (Å²) in [4.78, 5) is 8.95. The van der Waals surface area contributed by atoms with E-state index >= 15 is 0 Å². The second kappa shape index (κ2) is 5.61. The van der Waals surface area contributed by atoms with Gasteiger partial charge in [0.15, 0.2) is 0 Å². The first-order valence-electron chi connectivity index (χ1n) is 5.44. The highest BCUT2D eigenvalue weighted by Gasteiger charge is 2.18. The van der Waals surface area contributed by atoms with E-state index in [0.717, 1.165) is 34.3 Å². The molecule has 1 aliphatic rings. The fourth-order valence-corrected chi connectivity index (χ4v) is 3.65. The van der Waals surface area contributed by atoms with E-state index < -0.39 is 0 Å². The van der Waals surface area contributed by atoms with Crippen LogP contribution in [0.2, 0.25) is 5.15 Å². The summed E-state index contributed by atoms with van der Waals surface area (Å²) in [5.41, 5.74) is 2.29. The zero-order valence-electron chi connectivity index (χ0n) is 9.49. The predicted molar refractivity (Wildman–Crippen MR) is 73.1 cm³/mol. The first-order valence-corrected chi connectivity index (χ1v) is 8.02. The third-order valence-electron chi connectivity index (χ3n) is 2.65. The number of hydrogen-bond acceptors (Lipinski definition) is 4. The highest BCUT2D eigenvalue weighted by atomic mass is 35.5. The van der Waals surface area contributed by atoms with Crippen molar-refractivity contribution in [2.45, 2.75) is 42.8 Å². The molecule has 2 nitrogen and oxygen atoms in total. The van der Waals surface area contributed by atoms with Crippen LogP contribution in [-0.4, -0.2) is 15.2 Å². The molecule has 0 amide bonds. The Bertz CT molecular complexity index is 384. The minimum Gasteiger partial charge on any atom is -0.236 e. The summed E-state index contributed by atoms with van der Waals surface area (Å²) in [7, 11) is 0. The molecule has 2 heterocycles. The maximum Gasteiger partial charge on any atom is 0.140 e. The zero-order valence-corrected chi connectivity index (χ0v) is 11.9. The Morgan fingerprint density at radius 1 is 1.44 bits per heavy atom. The summed E-state index contributed by atoms with van der Waals surface area (Å²) in [5.74, 6) is 3.70. The van der Waals surface area contributed by atoms with Crippen molar-refractivity contribution >= 4 is 35.1 Å². The lowest BCUT2D eigenvalue weighted by Crippen LogP contribution is -2.02. The van der Waals surface area contributed by atoms with Gasteiger partial charge in [-0.15, -0.1) is 0 Å². The van der Waals surface area contributed by atoms with Crippen LogP contribution < -0.4 is 0 Å². The average molecular weight is 275 g/mol. The fourth-order valence-electron chi connectivity index (χ4n) is 1.46. The Hall–Kier alpha value is 0.0700.